The largest absolute Gasteiger partial charge is 0.507 e. The van der Waals surface area contributed by atoms with Crippen molar-refractivity contribution in [2.75, 3.05) is 14.2 Å². The van der Waals surface area contributed by atoms with Crippen LogP contribution in [0.25, 0.3) is 0 Å². The smallest absolute Gasteiger partial charge is 0.217 e. The summed E-state index contributed by atoms with van der Waals surface area (Å²) in [7, 11) is 3.22. The molecule has 0 aliphatic carbocycles. The van der Waals surface area contributed by atoms with Gasteiger partial charge in [-0.25, -0.2) is 5.01 Å². The molecule has 0 unspecified atom stereocenters. The van der Waals surface area contributed by atoms with Crippen LogP contribution in [0.15, 0.2) is 64.2 Å². The van der Waals surface area contributed by atoms with Crippen LogP contribution in [-0.2, 0) is 0 Å². The number of methoxy groups -OCH3 is 2. The number of hydrogen-bond acceptors (Lipinski definition) is 6. The van der Waals surface area contributed by atoms with E-state index < -0.39 is 6.23 Å². The molecular formula is C24H20BrClN2O4. The van der Waals surface area contributed by atoms with Crippen LogP contribution in [0, 0.1) is 0 Å². The van der Waals surface area contributed by atoms with Crippen molar-refractivity contribution in [3.8, 4) is 23.0 Å². The summed E-state index contributed by atoms with van der Waals surface area (Å²) < 4.78 is 18.0. The summed E-state index contributed by atoms with van der Waals surface area (Å²) in [6, 6.07) is 16.5. The number of rotatable bonds is 4. The Morgan fingerprint density at radius 2 is 1.84 bits per heavy atom. The molecule has 5 rings (SSSR count). The van der Waals surface area contributed by atoms with Gasteiger partial charge in [-0.05, 0) is 54.6 Å². The van der Waals surface area contributed by atoms with Crippen LogP contribution >= 0.6 is 27.5 Å². The number of fused-ring (bicyclic) bond motifs is 3. The van der Waals surface area contributed by atoms with Crippen LogP contribution in [0.3, 0.4) is 0 Å². The molecule has 0 bridgehead atoms. The van der Waals surface area contributed by atoms with Gasteiger partial charge in [0, 0.05) is 27.0 Å². The molecule has 2 aliphatic rings. The normalized spacial score (nSPS) is 19.0. The number of phenolic OH excluding ortho intramolecular Hbond substituents is 1. The molecule has 32 heavy (non-hydrogen) atoms. The summed E-state index contributed by atoms with van der Waals surface area (Å²) in [6.45, 7) is 0. The van der Waals surface area contributed by atoms with Gasteiger partial charge in [0.15, 0.2) is 11.5 Å². The van der Waals surface area contributed by atoms with Gasteiger partial charge in [-0.3, -0.25) is 0 Å². The Bertz CT molecular complexity index is 1230. The van der Waals surface area contributed by atoms with Crippen molar-refractivity contribution < 1.29 is 19.3 Å². The number of hydrazone groups is 1. The van der Waals surface area contributed by atoms with E-state index >= 15 is 0 Å². The van der Waals surface area contributed by atoms with E-state index in [2.05, 4.69) is 15.9 Å². The lowest BCUT2D eigenvalue weighted by Crippen LogP contribution is -2.33. The Labute approximate surface area is 199 Å². The lowest BCUT2D eigenvalue weighted by atomic mass is 9.95. The van der Waals surface area contributed by atoms with Gasteiger partial charge in [-0.15, -0.1) is 0 Å². The molecule has 0 saturated carbocycles. The van der Waals surface area contributed by atoms with Gasteiger partial charge >= 0.3 is 0 Å². The van der Waals surface area contributed by atoms with Gasteiger partial charge in [-0.2, -0.15) is 5.10 Å². The average molecular weight is 516 g/mol. The highest BCUT2D eigenvalue weighted by atomic mass is 79.9. The van der Waals surface area contributed by atoms with Crippen LogP contribution in [0.5, 0.6) is 23.0 Å². The average Bonchev–Trinajstić information content (AvgIpc) is 3.25. The van der Waals surface area contributed by atoms with Crippen LogP contribution in [0.1, 0.15) is 35.4 Å². The van der Waals surface area contributed by atoms with Gasteiger partial charge in [-0.1, -0.05) is 27.5 Å². The zero-order valence-electron chi connectivity index (χ0n) is 17.4. The quantitative estimate of drug-likeness (QED) is 0.457. The lowest BCUT2D eigenvalue weighted by molar-refractivity contribution is -0.0203. The van der Waals surface area contributed by atoms with Crippen molar-refractivity contribution >= 4 is 33.2 Å². The van der Waals surface area contributed by atoms with E-state index in [1.54, 1.807) is 32.4 Å². The molecule has 164 valence electrons. The minimum Gasteiger partial charge on any atom is -0.507 e. The van der Waals surface area contributed by atoms with Gasteiger partial charge in [0.2, 0.25) is 6.23 Å². The number of hydrogen-bond donors (Lipinski definition) is 1. The molecule has 0 amide bonds. The maximum absolute atomic E-state index is 10.6. The fourth-order valence-electron chi connectivity index (χ4n) is 4.18. The Morgan fingerprint density at radius 1 is 1.03 bits per heavy atom. The summed E-state index contributed by atoms with van der Waals surface area (Å²) in [5.41, 5.74) is 3.40. The van der Waals surface area contributed by atoms with Gasteiger partial charge < -0.3 is 19.3 Å². The monoisotopic (exact) mass is 514 g/mol. The molecule has 2 atom stereocenters. The molecule has 0 saturated heterocycles. The van der Waals surface area contributed by atoms with Crippen molar-refractivity contribution in [3.63, 3.8) is 0 Å². The molecular weight excluding hydrogens is 496 g/mol. The molecule has 8 heteroatoms. The number of benzene rings is 3. The molecule has 6 nitrogen and oxygen atoms in total. The summed E-state index contributed by atoms with van der Waals surface area (Å²) in [5.74, 6) is 2.16. The third-order valence-corrected chi connectivity index (χ3v) is 6.45. The Kier molecular flexibility index (Phi) is 5.39. The first-order valence-corrected chi connectivity index (χ1v) is 11.2. The second-order valence-corrected chi connectivity index (χ2v) is 8.92. The van der Waals surface area contributed by atoms with Crippen LogP contribution in [0.4, 0.5) is 0 Å². The third-order valence-electron chi connectivity index (χ3n) is 5.72. The summed E-state index contributed by atoms with van der Waals surface area (Å²) in [4.78, 5) is 0. The Hall–Kier alpha value is -2.90. The predicted octanol–water partition coefficient (Wildman–Crippen LogP) is 6.07. The van der Waals surface area contributed by atoms with Crippen LogP contribution in [-0.4, -0.2) is 30.0 Å². The van der Waals surface area contributed by atoms with Crippen molar-refractivity contribution in [3.05, 3.63) is 80.8 Å². The molecule has 2 aliphatic heterocycles. The van der Waals surface area contributed by atoms with E-state index in [9.17, 15) is 5.11 Å². The van der Waals surface area contributed by atoms with Crippen molar-refractivity contribution in [2.45, 2.75) is 18.7 Å². The number of aromatic hydroxyl groups is 1. The van der Waals surface area contributed by atoms with Crippen LogP contribution < -0.4 is 14.2 Å². The van der Waals surface area contributed by atoms with Crippen molar-refractivity contribution in [2.24, 2.45) is 5.10 Å². The first-order valence-electron chi connectivity index (χ1n) is 10.0. The molecule has 0 aromatic heterocycles. The predicted molar refractivity (Wildman–Crippen MR) is 126 cm³/mol. The fourth-order valence-corrected chi connectivity index (χ4v) is 4.74. The van der Waals surface area contributed by atoms with Gasteiger partial charge in [0.05, 0.1) is 31.5 Å². The van der Waals surface area contributed by atoms with Crippen molar-refractivity contribution in [1.29, 1.82) is 0 Å². The third kappa shape index (κ3) is 3.55. The summed E-state index contributed by atoms with van der Waals surface area (Å²) in [6.07, 6.45) is 0.0566. The molecule has 2 heterocycles. The molecule has 0 spiro atoms. The van der Waals surface area contributed by atoms with E-state index in [-0.39, 0.29) is 11.8 Å². The van der Waals surface area contributed by atoms with Crippen molar-refractivity contribution in [1.82, 2.24) is 5.01 Å². The van der Waals surface area contributed by atoms with E-state index in [0.29, 0.717) is 28.5 Å². The molecule has 1 N–H and O–H groups in total. The lowest BCUT2D eigenvalue weighted by Gasteiger charge is -2.38. The van der Waals surface area contributed by atoms with Gasteiger partial charge in [0.1, 0.15) is 11.5 Å². The highest BCUT2D eigenvalue weighted by Crippen LogP contribution is 2.49. The highest BCUT2D eigenvalue weighted by Gasteiger charge is 2.42. The Balaban J connectivity index is 1.61. The second-order valence-electron chi connectivity index (χ2n) is 7.57. The highest BCUT2D eigenvalue weighted by molar-refractivity contribution is 9.10. The maximum Gasteiger partial charge on any atom is 0.217 e. The first kappa shape index (κ1) is 21.0. The summed E-state index contributed by atoms with van der Waals surface area (Å²) in [5, 5.41) is 18.0. The van der Waals surface area contributed by atoms with Gasteiger partial charge in [0.25, 0.3) is 0 Å². The van der Waals surface area contributed by atoms with E-state index in [4.69, 9.17) is 30.9 Å². The number of ether oxygens (including phenoxy) is 3. The topological polar surface area (TPSA) is 63.5 Å². The van der Waals surface area contributed by atoms with E-state index in [0.717, 1.165) is 27.1 Å². The number of phenols is 1. The molecule has 0 fully saturated rings. The number of nitrogens with zero attached hydrogens (tertiary/aromatic N) is 2. The summed E-state index contributed by atoms with van der Waals surface area (Å²) >= 11 is 9.80. The van der Waals surface area contributed by atoms with E-state index in [1.807, 2.05) is 41.4 Å². The zero-order chi connectivity index (χ0) is 22.4. The molecule has 3 aromatic rings. The van der Waals surface area contributed by atoms with Crippen LogP contribution in [0.2, 0.25) is 5.02 Å². The minimum atomic E-state index is -0.594. The maximum atomic E-state index is 10.6. The fraction of sp³-hybridized carbons (Fsp3) is 0.208. The standard InChI is InChI=1S/C24H20BrClN2O4/c1-30-22-7-3-13(9-23(22)31-2)18-12-19-16-11-15(26)5-8-21(16)32-24(28(19)27-18)17-10-14(25)4-6-20(17)29/h3-11,19,24,29H,12H2,1-2H3/t19-,24-/m1/s1. The van der Waals surface area contributed by atoms with E-state index in [1.165, 1.54) is 0 Å². The SMILES string of the molecule is COc1ccc(C2=NN3[C@H](C2)c2cc(Cl)ccc2O[C@@H]3c2cc(Br)ccc2O)cc1OC. The Morgan fingerprint density at radius 3 is 2.62 bits per heavy atom. The second kappa shape index (κ2) is 8.22. The zero-order valence-corrected chi connectivity index (χ0v) is 19.7. The first-order chi connectivity index (χ1) is 15.5. The molecule has 3 aromatic carbocycles. The molecule has 0 radical (unpaired) electrons. The number of halogens is 2. The minimum absolute atomic E-state index is 0.0936.